The predicted molar refractivity (Wildman–Crippen MR) is 55.8 cm³/mol. The number of carbonyl (C=O) groups is 1. The van der Waals surface area contributed by atoms with E-state index in [0.29, 0.717) is 19.5 Å². The molecule has 1 N–H and O–H groups in total. The fourth-order valence-corrected chi connectivity index (χ4v) is 1.02. The van der Waals surface area contributed by atoms with Crippen molar-refractivity contribution in [3.05, 3.63) is 0 Å². The van der Waals surface area contributed by atoms with E-state index in [1.165, 1.54) is 0 Å². The molecule has 1 atom stereocenters. The Morgan fingerprint density at radius 3 is 2.21 bits per heavy atom. The van der Waals surface area contributed by atoms with Crippen molar-refractivity contribution in [3.63, 3.8) is 0 Å². The van der Waals surface area contributed by atoms with Crippen molar-refractivity contribution >= 4 is 6.03 Å². The third kappa shape index (κ3) is 3.25. The zero-order valence-corrected chi connectivity index (χ0v) is 9.42. The molecule has 4 heteroatoms. The fraction of sp³-hybridized carbons (Fsp3) is 0.800. The Labute approximate surface area is 85.9 Å². The lowest BCUT2D eigenvalue weighted by atomic mass is 10.0. The largest absolute Gasteiger partial charge is 0.325 e. The molecule has 0 aromatic heterocycles. The van der Waals surface area contributed by atoms with Gasteiger partial charge in [0.15, 0.2) is 0 Å². The van der Waals surface area contributed by atoms with E-state index in [1.807, 2.05) is 20.8 Å². The average molecular weight is 197 g/mol. The van der Waals surface area contributed by atoms with Crippen LogP contribution in [0.1, 0.15) is 34.1 Å². The van der Waals surface area contributed by atoms with E-state index in [2.05, 4.69) is 11.4 Å². The molecule has 0 aromatic carbocycles. The SMILES string of the molecule is CCN(CC)C(=O)NC(C)(C#N)CC. The number of nitrogens with zero attached hydrogens (tertiary/aromatic N) is 2. The Morgan fingerprint density at radius 1 is 1.43 bits per heavy atom. The molecule has 0 bridgehead atoms. The highest BCUT2D eigenvalue weighted by Gasteiger charge is 2.25. The third-order valence-electron chi connectivity index (χ3n) is 2.39. The quantitative estimate of drug-likeness (QED) is 0.746. The zero-order valence-electron chi connectivity index (χ0n) is 9.42. The highest BCUT2D eigenvalue weighted by Crippen LogP contribution is 2.07. The van der Waals surface area contributed by atoms with Gasteiger partial charge in [0, 0.05) is 13.1 Å². The number of urea groups is 1. The first-order valence-corrected chi connectivity index (χ1v) is 5.01. The fourth-order valence-electron chi connectivity index (χ4n) is 1.02. The van der Waals surface area contributed by atoms with E-state index >= 15 is 0 Å². The maximum Gasteiger partial charge on any atom is 0.318 e. The van der Waals surface area contributed by atoms with Crippen LogP contribution in [-0.4, -0.2) is 29.6 Å². The molecule has 2 amide bonds. The van der Waals surface area contributed by atoms with Gasteiger partial charge in [-0.25, -0.2) is 4.79 Å². The summed E-state index contributed by atoms with van der Waals surface area (Å²) in [6.45, 7) is 8.76. The van der Waals surface area contributed by atoms with Crippen molar-refractivity contribution in [2.45, 2.75) is 39.7 Å². The molecular formula is C10H19N3O. The van der Waals surface area contributed by atoms with Crippen LogP contribution in [0.5, 0.6) is 0 Å². The van der Waals surface area contributed by atoms with Crippen LogP contribution < -0.4 is 5.32 Å². The van der Waals surface area contributed by atoms with Crippen molar-refractivity contribution in [1.29, 1.82) is 5.26 Å². The van der Waals surface area contributed by atoms with E-state index in [0.717, 1.165) is 0 Å². The van der Waals surface area contributed by atoms with Gasteiger partial charge in [-0.3, -0.25) is 0 Å². The first kappa shape index (κ1) is 12.8. The van der Waals surface area contributed by atoms with E-state index in [9.17, 15) is 4.79 Å². The van der Waals surface area contributed by atoms with Gasteiger partial charge in [0.1, 0.15) is 5.54 Å². The van der Waals surface area contributed by atoms with Gasteiger partial charge in [-0.1, -0.05) is 6.92 Å². The van der Waals surface area contributed by atoms with E-state index in [1.54, 1.807) is 11.8 Å². The van der Waals surface area contributed by atoms with Gasteiger partial charge in [0.2, 0.25) is 0 Å². The molecule has 0 heterocycles. The molecule has 0 rings (SSSR count). The second-order valence-corrected chi connectivity index (χ2v) is 3.40. The number of amides is 2. The first-order chi connectivity index (χ1) is 6.52. The summed E-state index contributed by atoms with van der Waals surface area (Å²) >= 11 is 0. The van der Waals surface area contributed by atoms with Crippen LogP contribution in [-0.2, 0) is 0 Å². The van der Waals surface area contributed by atoms with Crippen molar-refractivity contribution < 1.29 is 4.79 Å². The number of nitrogens with one attached hydrogen (secondary N) is 1. The Bertz CT molecular complexity index is 230. The molecule has 0 spiro atoms. The Balaban J connectivity index is 4.38. The molecule has 0 saturated carbocycles. The van der Waals surface area contributed by atoms with Crippen LogP contribution in [0.2, 0.25) is 0 Å². The molecule has 0 fully saturated rings. The molecular weight excluding hydrogens is 178 g/mol. The van der Waals surface area contributed by atoms with E-state index in [4.69, 9.17) is 5.26 Å². The number of nitriles is 1. The lowest BCUT2D eigenvalue weighted by Crippen LogP contribution is -2.50. The third-order valence-corrected chi connectivity index (χ3v) is 2.39. The maximum atomic E-state index is 11.6. The lowest BCUT2D eigenvalue weighted by molar-refractivity contribution is 0.195. The van der Waals surface area contributed by atoms with Gasteiger partial charge in [0.25, 0.3) is 0 Å². The molecule has 0 aliphatic rings. The summed E-state index contributed by atoms with van der Waals surface area (Å²) in [6, 6.07) is 1.94. The summed E-state index contributed by atoms with van der Waals surface area (Å²) in [6.07, 6.45) is 0.608. The van der Waals surface area contributed by atoms with Crippen LogP contribution >= 0.6 is 0 Å². The van der Waals surface area contributed by atoms with E-state index < -0.39 is 5.54 Å². The Morgan fingerprint density at radius 2 is 1.93 bits per heavy atom. The van der Waals surface area contributed by atoms with Crippen LogP contribution in [0.4, 0.5) is 4.79 Å². The van der Waals surface area contributed by atoms with Gasteiger partial charge >= 0.3 is 6.03 Å². The molecule has 0 aliphatic carbocycles. The molecule has 80 valence electrons. The molecule has 1 unspecified atom stereocenters. The molecule has 0 aliphatic heterocycles. The monoisotopic (exact) mass is 197 g/mol. The molecule has 4 nitrogen and oxygen atoms in total. The van der Waals surface area contributed by atoms with Crippen molar-refractivity contribution in [2.24, 2.45) is 0 Å². The second-order valence-electron chi connectivity index (χ2n) is 3.40. The predicted octanol–water partition coefficient (Wildman–Crippen LogP) is 1.73. The summed E-state index contributed by atoms with van der Waals surface area (Å²) in [5.41, 5.74) is -0.750. The minimum absolute atomic E-state index is 0.166. The van der Waals surface area contributed by atoms with Crippen LogP contribution in [0.15, 0.2) is 0 Å². The minimum atomic E-state index is -0.750. The lowest BCUT2D eigenvalue weighted by Gasteiger charge is -2.26. The number of carbonyl (C=O) groups excluding carboxylic acids is 1. The Kier molecular flexibility index (Phi) is 5.00. The molecule has 0 saturated heterocycles. The number of hydrogen-bond acceptors (Lipinski definition) is 2. The van der Waals surface area contributed by atoms with Crippen LogP contribution in [0.25, 0.3) is 0 Å². The average Bonchev–Trinajstić information content (AvgIpc) is 2.19. The maximum absolute atomic E-state index is 11.6. The highest BCUT2D eigenvalue weighted by molar-refractivity contribution is 5.75. The normalized spacial score (nSPS) is 13.9. The summed E-state index contributed by atoms with van der Waals surface area (Å²) < 4.78 is 0. The summed E-state index contributed by atoms with van der Waals surface area (Å²) in [4.78, 5) is 13.3. The van der Waals surface area contributed by atoms with Crippen molar-refractivity contribution in [1.82, 2.24) is 10.2 Å². The van der Waals surface area contributed by atoms with Gasteiger partial charge < -0.3 is 10.2 Å². The number of rotatable bonds is 4. The topological polar surface area (TPSA) is 56.1 Å². The van der Waals surface area contributed by atoms with Gasteiger partial charge in [-0.2, -0.15) is 5.26 Å². The van der Waals surface area contributed by atoms with Crippen molar-refractivity contribution in [3.8, 4) is 6.07 Å². The van der Waals surface area contributed by atoms with Gasteiger partial charge in [0.05, 0.1) is 6.07 Å². The minimum Gasteiger partial charge on any atom is -0.325 e. The second kappa shape index (κ2) is 5.48. The summed E-state index contributed by atoms with van der Waals surface area (Å²) in [5.74, 6) is 0. The molecule has 14 heavy (non-hydrogen) atoms. The first-order valence-electron chi connectivity index (χ1n) is 5.01. The van der Waals surface area contributed by atoms with Crippen LogP contribution in [0.3, 0.4) is 0 Å². The Hall–Kier alpha value is -1.24. The van der Waals surface area contributed by atoms with Gasteiger partial charge in [-0.15, -0.1) is 0 Å². The van der Waals surface area contributed by atoms with Crippen LogP contribution in [0, 0.1) is 11.3 Å². The number of hydrogen-bond donors (Lipinski definition) is 1. The van der Waals surface area contributed by atoms with E-state index in [-0.39, 0.29) is 6.03 Å². The molecule has 0 radical (unpaired) electrons. The standard InChI is InChI=1S/C10H19N3O/c1-5-10(4,8-11)12-9(14)13(6-2)7-3/h5-7H2,1-4H3,(H,12,14). The van der Waals surface area contributed by atoms with Crippen molar-refractivity contribution in [2.75, 3.05) is 13.1 Å². The summed E-state index contributed by atoms with van der Waals surface area (Å²) in [5, 5.41) is 11.6. The smallest absolute Gasteiger partial charge is 0.318 e. The summed E-state index contributed by atoms with van der Waals surface area (Å²) in [7, 11) is 0. The van der Waals surface area contributed by atoms with Gasteiger partial charge in [-0.05, 0) is 27.2 Å². The molecule has 0 aromatic rings. The zero-order chi connectivity index (χ0) is 11.2. The highest BCUT2D eigenvalue weighted by atomic mass is 16.2.